The molecule has 1 aromatic carbocycles. The Morgan fingerprint density at radius 1 is 1.08 bits per heavy atom. The first-order valence-corrected chi connectivity index (χ1v) is 9.66. The number of aliphatic imine (C=N–C) groups is 1. The van der Waals surface area contributed by atoms with E-state index >= 15 is 0 Å². The minimum Gasteiger partial charge on any atom is -0.357 e. The zero-order valence-electron chi connectivity index (χ0n) is 15.1. The summed E-state index contributed by atoms with van der Waals surface area (Å²) in [5.74, 6) is 1.58. The summed E-state index contributed by atoms with van der Waals surface area (Å²) in [4.78, 5) is 7.37. The van der Waals surface area contributed by atoms with Gasteiger partial charge in [-0.25, -0.2) is 4.99 Å². The van der Waals surface area contributed by atoms with Crippen LogP contribution in [0.4, 0.5) is 0 Å². The molecule has 0 aliphatic carbocycles. The molecule has 2 N–H and O–H groups in total. The Bertz CT molecular complexity index is 837. The summed E-state index contributed by atoms with van der Waals surface area (Å²) >= 11 is 1.84. The molecule has 6 nitrogen and oxygen atoms in total. The van der Waals surface area contributed by atoms with E-state index in [1.165, 1.54) is 9.75 Å². The highest BCUT2D eigenvalue weighted by Crippen LogP contribution is 2.16. The van der Waals surface area contributed by atoms with Crippen LogP contribution in [-0.4, -0.2) is 27.3 Å². The van der Waals surface area contributed by atoms with Crippen LogP contribution in [0.2, 0.25) is 0 Å². The van der Waals surface area contributed by atoms with Crippen LogP contribution in [0.1, 0.15) is 29.4 Å². The highest BCUT2D eigenvalue weighted by atomic mass is 32.1. The first-order valence-electron chi connectivity index (χ1n) is 8.84. The van der Waals surface area contributed by atoms with E-state index in [1.54, 1.807) is 6.33 Å². The Morgan fingerprint density at radius 2 is 1.88 bits per heavy atom. The summed E-state index contributed by atoms with van der Waals surface area (Å²) < 4.78 is 1.96. The second-order valence-corrected chi connectivity index (χ2v) is 6.98. The summed E-state index contributed by atoms with van der Waals surface area (Å²) in [6.45, 7) is 6.26. The quantitative estimate of drug-likeness (QED) is 0.497. The van der Waals surface area contributed by atoms with Gasteiger partial charge in [-0.2, -0.15) is 0 Å². The monoisotopic (exact) mass is 368 g/mol. The summed E-state index contributed by atoms with van der Waals surface area (Å²) in [7, 11) is 0. The van der Waals surface area contributed by atoms with E-state index in [0.29, 0.717) is 6.54 Å². The molecular weight excluding hydrogens is 344 g/mol. The van der Waals surface area contributed by atoms with Gasteiger partial charge in [0.2, 0.25) is 0 Å². The second kappa shape index (κ2) is 9.15. The van der Waals surface area contributed by atoms with Gasteiger partial charge in [0.15, 0.2) is 11.8 Å². The van der Waals surface area contributed by atoms with Gasteiger partial charge >= 0.3 is 0 Å². The molecule has 3 aromatic rings. The number of para-hydroxylation sites is 1. The van der Waals surface area contributed by atoms with E-state index < -0.39 is 0 Å². The smallest absolute Gasteiger partial charge is 0.191 e. The molecule has 0 unspecified atom stereocenters. The lowest BCUT2D eigenvalue weighted by atomic mass is 10.3. The molecule has 0 fully saturated rings. The molecule has 0 aliphatic heterocycles. The molecule has 3 rings (SSSR count). The Kier molecular flexibility index (Phi) is 6.38. The fourth-order valence-electron chi connectivity index (χ4n) is 2.54. The predicted molar refractivity (Wildman–Crippen MR) is 107 cm³/mol. The fourth-order valence-corrected chi connectivity index (χ4v) is 3.44. The summed E-state index contributed by atoms with van der Waals surface area (Å²) in [5.41, 5.74) is 1.03. The van der Waals surface area contributed by atoms with Crippen molar-refractivity contribution in [2.24, 2.45) is 4.99 Å². The van der Waals surface area contributed by atoms with Crippen molar-refractivity contribution in [1.29, 1.82) is 0 Å². The molecule has 0 saturated carbocycles. The normalized spacial score (nSPS) is 11.5. The second-order valence-electron chi connectivity index (χ2n) is 5.72. The lowest BCUT2D eigenvalue weighted by Crippen LogP contribution is -2.36. The van der Waals surface area contributed by atoms with Gasteiger partial charge in [-0.05, 0) is 37.6 Å². The predicted octanol–water partition coefficient (Wildman–Crippen LogP) is 3.15. The topological polar surface area (TPSA) is 67.1 Å². The van der Waals surface area contributed by atoms with Crippen molar-refractivity contribution in [3.63, 3.8) is 0 Å². The number of guanidine groups is 1. The summed E-state index contributed by atoms with van der Waals surface area (Å²) in [6, 6.07) is 14.4. The average molecular weight is 369 g/mol. The average Bonchev–Trinajstić information content (AvgIpc) is 3.34. The molecule has 0 spiro atoms. The van der Waals surface area contributed by atoms with Gasteiger partial charge in [0, 0.05) is 22.0 Å². The van der Waals surface area contributed by atoms with Crippen molar-refractivity contribution in [1.82, 2.24) is 25.4 Å². The third kappa shape index (κ3) is 4.70. The van der Waals surface area contributed by atoms with Crippen LogP contribution in [-0.2, 0) is 19.5 Å². The van der Waals surface area contributed by atoms with Crippen LogP contribution < -0.4 is 10.6 Å². The fraction of sp³-hybridized carbons (Fsp3) is 0.316. The van der Waals surface area contributed by atoms with Crippen LogP contribution in [0.25, 0.3) is 5.69 Å². The molecule has 2 aromatic heterocycles. The number of nitrogens with one attached hydrogen (secondary N) is 2. The Balaban J connectivity index is 1.67. The maximum absolute atomic E-state index is 4.66. The Morgan fingerprint density at radius 3 is 2.62 bits per heavy atom. The number of aromatic nitrogens is 3. The van der Waals surface area contributed by atoms with Gasteiger partial charge < -0.3 is 10.6 Å². The SMILES string of the molecule is CCNC(=NCc1nncn1-c1ccccc1)NCc1ccc(CC)s1. The van der Waals surface area contributed by atoms with Gasteiger partial charge in [0.25, 0.3) is 0 Å². The number of aryl methyl sites for hydroxylation is 1. The van der Waals surface area contributed by atoms with Crippen LogP contribution in [0.5, 0.6) is 0 Å². The van der Waals surface area contributed by atoms with Crippen molar-refractivity contribution in [2.45, 2.75) is 33.4 Å². The lowest BCUT2D eigenvalue weighted by Gasteiger charge is -2.11. The maximum Gasteiger partial charge on any atom is 0.191 e. The van der Waals surface area contributed by atoms with E-state index in [2.05, 4.69) is 51.8 Å². The zero-order chi connectivity index (χ0) is 18.2. The van der Waals surface area contributed by atoms with Gasteiger partial charge in [0.1, 0.15) is 12.9 Å². The van der Waals surface area contributed by atoms with Crippen LogP contribution in [0, 0.1) is 0 Å². The number of hydrogen-bond donors (Lipinski definition) is 2. The highest BCUT2D eigenvalue weighted by molar-refractivity contribution is 7.11. The van der Waals surface area contributed by atoms with Crippen molar-refractivity contribution < 1.29 is 0 Å². The van der Waals surface area contributed by atoms with Gasteiger partial charge in [0.05, 0.1) is 6.54 Å². The number of benzene rings is 1. The molecule has 0 atom stereocenters. The first-order chi connectivity index (χ1) is 12.8. The molecule has 0 amide bonds. The molecule has 0 aliphatic rings. The van der Waals surface area contributed by atoms with Crippen LogP contribution in [0.3, 0.4) is 0 Å². The Hall–Kier alpha value is -2.67. The van der Waals surface area contributed by atoms with Crippen LogP contribution in [0.15, 0.2) is 53.8 Å². The maximum atomic E-state index is 4.66. The van der Waals surface area contributed by atoms with Crippen molar-refractivity contribution in [3.05, 3.63) is 64.4 Å². The molecule has 2 heterocycles. The van der Waals surface area contributed by atoms with Crippen molar-refractivity contribution in [2.75, 3.05) is 6.54 Å². The molecule has 136 valence electrons. The van der Waals surface area contributed by atoms with E-state index in [0.717, 1.165) is 37.0 Å². The van der Waals surface area contributed by atoms with E-state index in [4.69, 9.17) is 0 Å². The van der Waals surface area contributed by atoms with Crippen molar-refractivity contribution in [3.8, 4) is 5.69 Å². The first kappa shape index (κ1) is 18.1. The third-order valence-electron chi connectivity index (χ3n) is 3.87. The minimum absolute atomic E-state index is 0.453. The Labute approximate surface area is 158 Å². The van der Waals surface area contributed by atoms with Gasteiger partial charge in [-0.15, -0.1) is 21.5 Å². The van der Waals surface area contributed by atoms with Crippen molar-refractivity contribution >= 4 is 17.3 Å². The highest BCUT2D eigenvalue weighted by Gasteiger charge is 2.07. The molecule has 0 saturated heterocycles. The summed E-state index contributed by atoms with van der Waals surface area (Å²) in [5, 5.41) is 14.9. The van der Waals surface area contributed by atoms with Gasteiger partial charge in [-0.3, -0.25) is 4.57 Å². The molecule has 26 heavy (non-hydrogen) atoms. The lowest BCUT2D eigenvalue weighted by molar-refractivity contribution is 0.798. The molecule has 0 bridgehead atoms. The molecule has 0 radical (unpaired) electrons. The van der Waals surface area contributed by atoms with E-state index in [-0.39, 0.29) is 0 Å². The zero-order valence-corrected chi connectivity index (χ0v) is 16.0. The van der Waals surface area contributed by atoms with E-state index in [1.807, 2.05) is 46.2 Å². The number of hydrogen-bond acceptors (Lipinski definition) is 4. The number of rotatable bonds is 7. The van der Waals surface area contributed by atoms with Gasteiger partial charge in [-0.1, -0.05) is 25.1 Å². The standard InChI is InChI=1S/C19H24N6S/c1-3-16-10-11-17(26-16)12-21-19(20-4-2)22-13-18-24-23-14-25(18)15-8-6-5-7-9-15/h5-11,14H,3-4,12-13H2,1-2H3,(H2,20,21,22). The largest absolute Gasteiger partial charge is 0.357 e. The summed E-state index contributed by atoms with van der Waals surface area (Å²) in [6.07, 6.45) is 2.80. The minimum atomic E-state index is 0.453. The molecular formula is C19H24N6S. The number of thiophene rings is 1. The van der Waals surface area contributed by atoms with Crippen LogP contribution >= 0.6 is 11.3 Å². The third-order valence-corrected chi connectivity index (χ3v) is 5.10. The molecule has 7 heteroatoms. The van der Waals surface area contributed by atoms with E-state index in [9.17, 15) is 0 Å². The number of nitrogens with zero attached hydrogens (tertiary/aromatic N) is 4.